The standard InChI is InChI=1S/C13H14BrNO3/c14-10-3-4-11-9(2-1-5-16)7-15(8-13(17)18)12(11)6-10/h3-4,6-7,16H,1-2,5,8H2,(H,17,18). The van der Waals surface area contributed by atoms with Crippen molar-refractivity contribution in [1.82, 2.24) is 4.57 Å². The summed E-state index contributed by atoms with van der Waals surface area (Å²) in [6.07, 6.45) is 3.30. The van der Waals surface area contributed by atoms with Gasteiger partial charge in [-0.1, -0.05) is 22.0 Å². The number of halogens is 1. The molecular weight excluding hydrogens is 298 g/mol. The quantitative estimate of drug-likeness (QED) is 0.891. The second-order valence-corrected chi connectivity index (χ2v) is 5.08. The van der Waals surface area contributed by atoms with E-state index in [4.69, 9.17) is 10.2 Å². The predicted octanol–water partition coefficient (Wildman–Crippen LogP) is 2.41. The molecule has 1 aromatic heterocycles. The Bertz CT molecular complexity index is 577. The smallest absolute Gasteiger partial charge is 0.323 e. The van der Waals surface area contributed by atoms with Crippen molar-refractivity contribution in [2.75, 3.05) is 6.61 Å². The van der Waals surface area contributed by atoms with Gasteiger partial charge >= 0.3 is 5.97 Å². The molecule has 2 aromatic rings. The Morgan fingerprint density at radius 3 is 2.83 bits per heavy atom. The van der Waals surface area contributed by atoms with Gasteiger partial charge in [0, 0.05) is 28.2 Å². The van der Waals surface area contributed by atoms with Crippen molar-refractivity contribution in [3.05, 3.63) is 34.4 Å². The van der Waals surface area contributed by atoms with Gasteiger partial charge in [-0.15, -0.1) is 0 Å². The molecule has 0 bridgehead atoms. The van der Waals surface area contributed by atoms with E-state index in [2.05, 4.69) is 15.9 Å². The normalized spacial score (nSPS) is 11.0. The molecule has 96 valence electrons. The van der Waals surface area contributed by atoms with E-state index in [9.17, 15) is 4.79 Å². The van der Waals surface area contributed by atoms with Crippen LogP contribution in [-0.2, 0) is 17.8 Å². The summed E-state index contributed by atoms with van der Waals surface area (Å²) in [4.78, 5) is 10.8. The van der Waals surface area contributed by atoms with Crippen LogP contribution in [0.5, 0.6) is 0 Å². The summed E-state index contributed by atoms with van der Waals surface area (Å²) >= 11 is 3.39. The lowest BCUT2D eigenvalue weighted by molar-refractivity contribution is -0.137. The van der Waals surface area contributed by atoms with Crippen LogP contribution in [0.25, 0.3) is 10.9 Å². The summed E-state index contributed by atoms with van der Waals surface area (Å²) in [5.74, 6) is -0.861. The highest BCUT2D eigenvalue weighted by Crippen LogP contribution is 2.26. The SMILES string of the molecule is O=C(O)Cn1cc(CCCO)c2ccc(Br)cc21. The third-order valence-corrected chi connectivity index (χ3v) is 3.33. The molecule has 1 heterocycles. The van der Waals surface area contributed by atoms with E-state index < -0.39 is 5.97 Å². The first kappa shape index (κ1) is 13.1. The highest BCUT2D eigenvalue weighted by Gasteiger charge is 2.10. The number of rotatable bonds is 5. The van der Waals surface area contributed by atoms with Gasteiger partial charge in [0.1, 0.15) is 6.54 Å². The maximum atomic E-state index is 10.8. The van der Waals surface area contributed by atoms with Gasteiger partial charge in [-0.2, -0.15) is 0 Å². The molecule has 2 rings (SSSR count). The van der Waals surface area contributed by atoms with Gasteiger partial charge in [0.05, 0.1) is 0 Å². The van der Waals surface area contributed by atoms with E-state index in [1.54, 1.807) is 4.57 Å². The van der Waals surface area contributed by atoms with Gasteiger partial charge in [-0.3, -0.25) is 4.79 Å². The van der Waals surface area contributed by atoms with Crippen LogP contribution >= 0.6 is 15.9 Å². The number of carbonyl (C=O) groups is 1. The van der Waals surface area contributed by atoms with Crippen molar-refractivity contribution in [3.63, 3.8) is 0 Å². The van der Waals surface area contributed by atoms with E-state index in [-0.39, 0.29) is 13.2 Å². The zero-order valence-electron chi connectivity index (χ0n) is 9.77. The number of aryl methyl sites for hydroxylation is 1. The predicted molar refractivity (Wildman–Crippen MR) is 72.7 cm³/mol. The fraction of sp³-hybridized carbons (Fsp3) is 0.308. The second kappa shape index (κ2) is 5.54. The van der Waals surface area contributed by atoms with Gasteiger partial charge in [0.2, 0.25) is 0 Å². The van der Waals surface area contributed by atoms with Crippen LogP contribution in [0.15, 0.2) is 28.9 Å². The van der Waals surface area contributed by atoms with Crippen LogP contribution in [0, 0.1) is 0 Å². The summed E-state index contributed by atoms with van der Waals surface area (Å²) in [7, 11) is 0. The van der Waals surface area contributed by atoms with E-state index in [1.807, 2.05) is 24.4 Å². The minimum atomic E-state index is -0.861. The first-order chi connectivity index (χ1) is 8.61. The van der Waals surface area contributed by atoms with Crippen molar-refractivity contribution in [2.24, 2.45) is 0 Å². The van der Waals surface area contributed by atoms with Crippen molar-refractivity contribution in [1.29, 1.82) is 0 Å². The molecular formula is C13H14BrNO3. The van der Waals surface area contributed by atoms with Gasteiger partial charge in [0.25, 0.3) is 0 Å². The maximum Gasteiger partial charge on any atom is 0.323 e. The fourth-order valence-corrected chi connectivity index (χ4v) is 2.44. The Morgan fingerprint density at radius 1 is 1.39 bits per heavy atom. The largest absolute Gasteiger partial charge is 0.480 e. The minimum absolute atomic E-state index is 0.0495. The van der Waals surface area contributed by atoms with Crippen molar-refractivity contribution in [2.45, 2.75) is 19.4 Å². The van der Waals surface area contributed by atoms with Crippen LogP contribution in [0.4, 0.5) is 0 Å². The van der Waals surface area contributed by atoms with Crippen molar-refractivity contribution in [3.8, 4) is 0 Å². The number of aromatic nitrogens is 1. The number of aliphatic hydroxyl groups excluding tert-OH is 1. The Labute approximate surface area is 113 Å². The third kappa shape index (κ3) is 2.73. The average molecular weight is 312 g/mol. The van der Waals surface area contributed by atoms with E-state index >= 15 is 0 Å². The van der Waals surface area contributed by atoms with Gasteiger partial charge in [0.15, 0.2) is 0 Å². The molecule has 0 unspecified atom stereocenters. The molecule has 0 aliphatic rings. The minimum Gasteiger partial charge on any atom is -0.480 e. The van der Waals surface area contributed by atoms with Gasteiger partial charge in [-0.05, 0) is 30.5 Å². The van der Waals surface area contributed by atoms with Crippen LogP contribution in [-0.4, -0.2) is 27.4 Å². The number of hydrogen-bond acceptors (Lipinski definition) is 2. The lowest BCUT2D eigenvalue weighted by Gasteiger charge is -2.01. The first-order valence-corrected chi connectivity index (χ1v) is 6.51. The zero-order chi connectivity index (χ0) is 13.1. The van der Waals surface area contributed by atoms with E-state index in [0.29, 0.717) is 6.42 Å². The number of hydrogen-bond donors (Lipinski definition) is 2. The zero-order valence-corrected chi connectivity index (χ0v) is 11.4. The third-order valence-electron chi connectivity index (χ3n) is 2.84. The highest BCUT2D eigenvalue weighted by atomic mass is 79.9. The molecule has 0 saturated heterocycles. The lowest BCUT2D eigenvalue weighted by Crippen LogP contribution is -2.07. The molecule has 18 heavy (non-hydrogen) atoms. The Balaban J connectivity index is 2.48. The summed E-state index contributed by atoms with van der Waals surface area (Å²) in [6, 6.07) is 5.83. The van der Waals surface area contributed by atoms with Gasteiger partial charge < -0.3 is 14.8 Å². The monoisotopic (exact) mass is 311 g/mol. The summed E-state index contributed by atoms with van der Waals surface area (Å²) < 4.78 is 2.66. The Hall–Kier alpha value is -1.33. The average Bonchev–Trinajstić information content (AvgIpc) is 2.64. The summed E-state index contributed by atoms with van der Waals surface area (Å²) in [6.45, 7) is 0.0915. The molecule has 0 amide bonds. The first-order valence-electron chi connectivity index (χ1n) is 5.71. The molecule has 4 nitrogen and oxygen atoms in total. The molecule has 0 aliphatic carbocycles. The van der Waals surface area contributed by atoms with Gasteiger partial charge in [-0.25, -0.2) is 0 Å². The molecule has 0 atom stereocenters. The molecule has 2 N–H and O–H groups in total. The second-order valence-electron chi connectivity index (χ2n) is 4.16. The van der Waals surface area contributed by atoms with Crippen LogP contribution < -0.4 is 0 Å². The molecule has 0 saturated carbocycles. The highest BCUT2D eigenvalue weighted by molar-refractivity contribution is 9.10. The molecule has 0 spiro atoms. The number of aliphatic hydroxyl groups is 1. The number of nitrogens with zero attached hydrogens (tertiary/aromatic N) is 1. The summed E-state index contributed by atoms with van der Waals surface area (Å²) in [5.41, 5.74) is 1.98. The lowest BCUT2D eigenvalue weighted by atomic mass is 10.1. The van der Waals surface area contributed by atoms with Crippen molar-refractivity contribution < 1.29 is 15.0 Å². The maximum absolute atomic E-state index is 10.8. The molecule has 0 aliphatic heterocycles. The topological polar surface area (TPSA) is 62.5 Å². The van der Waals surface area contributed by atoms with Crippen LogP contribution in [0.2, 0.25) is 0 Å². The number of fused-ring (bicyclic) bond motifs is 1. The molecule has 1 aromatic carbocycles. The van der Waals surface area contributed by atoms with Crippen LogP contribution in [0.1, 0.15) is 12.0 Å². The number of carboxylic acid groups (broad SMARTS) is 1. The summed E-state index contributed by atoms with van der Waals surface area (Å²) in [5, 5.41) is 18.8. The number of aliphatic carboxylic acids is 1. The van der Waals surface area contributed by atoms with Crippen LogP contribution in [0.3, 0.4) is 0 Å². The Morgan fingerprint density at radius 2 is 2.17 bits per heavy atom. The number of carboxylic acids is 1. The molecule has 0 radical (unpaired) electrons. The van der Waals surface area contributed by atoms with E-state index in [0.717, 1.165) is 27.4 Å². The number of benzene rings is 1. The molecule has 0 fully saturated rings. The van der Waals surface area contributed by atoms with Crippen molar-refractivity contribution >= 4 is 32.8 Å². The Kier molecular flexibility index (Phi) is 4.04. The van der Waals surface area contributed by atoms with E-state index in [1.165, 1.54) is 0 Å². The molecule has 5 heteroatoms. The fourth-order valence-electron chi connectivity index (χ4n) is 2.09.